The van der Waals surface area contributed by atoms with Crippen molar-refractivity contribution in [2.24, 2.45) is 0 Å². The molecule has 0 unspecified atom stereocenters. The van der Waals surface area contributed by atoms with Crippen molar-refractivity contribution in [1.82, 2.24) is 49.6 Å². The Hall–Kier alpha value is -6.92. The van der Waals surface area contributed by atoms with E-state index >= 15 is 0 Å². The van der Waals surface area contributed by atoms with Crippen LogP contribution in [0.2, 0.25) is 0 Å². The zero-order valence-electron chi connectivity index (χ0n) is 33.9. The largest absolute Gasteiger partial charge is 0.480 e. The highest BCUT2D eigenvalue weighted by Crippen LogP contribution is 2.22. The number of hydrogen-bond donors (Lipinski definition) is 0. The molecule has 0 bridgehead atoms. The maximum absolute atomic E-state index is 12.4. The average molecular weight is 819 g/mol. The smallest absolute Gasteiger partial charge is 0.345 e. The minimum atomic E-state index is -0.350. The summed E-state index contributed by atoms with van der Waals surface area (Å²) in [6, 6.07) is 19.0. The topological polar surface area (TPSA) is 187 Å². The molecule has 18 nitrogen and oxygen atoms in total. The summed E-state index contributed by atoms with van der Waals surface area (Å²) < 4.78 is 24.6. The molecule has 0 spiro atoms. The molecule has 0 fully saturated rings. The summed E-state index contributed by atoms with van der Waals surface area (Å²) in [7, 11) is 6.47. The van der Waals surface area contributed by atoms with Crippen molar-refractivity contribution in [2.45, 2.75) is 52.2 Å². The number of amides is 2. The van der Waals surface area contributed by atoms with Crippen molar-refractivity contribution >= 4 is 12.1 Å². The molecule has 0 saturated carbocycles. The Morgan fingerprint density at radius 1 is 0.700 bits per heavy atom. The summed E-state index contributed by atoms with van der Waals surface area (Å²) in [6.45, 7) is 4.58. The molecule has 0 saturated heterocycles. The maximum Gasteiger partial charge on any atom is 0.345 e. The summed E-state index contributed by atoms with van der Waals surface area (Å²) in [5.41, 5.74) is 5.71. The second-order valence-electron chi connectivity index (χ2n) is 14.8. The number of fused-ring (bicyclic) bond motifs is 2. The van der Waals surface area contributed by atoms with Crippen LogP contribution in [0.3, 0.4) is 0 Å². The van der Waals surface area contributed by atoms with Gasteiger partial charge in [-0.15, -0.1) is 10.2 Å². The number of rotatable bonds is 10. The van der Waals surface area contributed by atoms with Gasteiger partial charge >= 0.3 is 12.1 Å². The molecule has 2 aliphatic rings. The fourth-order valence-electron chi connectivity index (χ4n) is 6.74. The molecule has 8 rings (SSSR count). The van der Waals surface area contributed by atoms with E-state index < -0.39 is 0 Å². The minimum Gasteiger partial charge on any atom is -0.480 e. The van der Waals surface area contributed by atoms with Gasteiger partial charge in [0.15, 0.2) is 0 Å². The molecule has 312 valence electrons. The highest BCUT2D eigenvalue weighted by molar-refractivity contribution is 5.76. The van der Waals surface area contributed by atoms with E-state index in [9.17, 15) is 19.2 Å². The van der Waals surface area contributed by atoms with Gasteiger partial charge in [-0.1, -0.05) is 59.0 Å². The van der Waals surface area contributed by atoms with Gasteiger partial charge in [0.2, 0.25) is 22.4 Å². The normalized spacial score (nSPS) is 13.7. The number of carbonyl (C=O) groups excluding carboxylic acids is 2. The number of benzene rings is 2. The van der Waals surface area contributed by atoms with E-state index in [2.05, 4.69) is 66.8 Å². The number of hydrogen-bond acceptors (Lipinski definition) is 14. The van der Waals surface area contributed by atoms with Gasteiger partial charge in [-0.05, 0) is 35.1 Å². The Morgan fingerprint density at radius 2 is 1.22 bits per heavy atom. The molecule has 0 radical (unpaired) electrons. The fraction of sp³-hybridized carbons (Fsp3) is 0.333. The van der Waals surface area contributed by atoms with Gasteiger partial charge in [-0.2, -0.15) is 9.36 Å². The SMILES string of the molecule is CN(C)C(=O)n1cc(COc2coc(CN3CCc4ccccc4C3)cc2=O)nn1.CN(C)C(=O)n1nncc1COc1coc(CN2CCc3ccccc3C2)cc1=O. The molecule has 2 amide bonds. The van der Waals surface area contributed by atoms with Gasteiger partial charge in [0.05, 0.1) is 25.5 Å². The van der Waals surface area contributed by atoms with Crippen LogP contribution in [0.25, 0.3) is 0 Å². The van der Waals surface area contributed by atoms with Crippen molar-refractivity contribution in [3.63, 3.8) is 0 Å². The molecule has 0 atom stereocenters. The fourth-order valence-corrected chi connectivity index (χ4v) is 6.74. The Morgan fingerprint density at radius 3 is 1.73 bits per heavy atom. The first kappa shape index (κ1) is 41.2. The molecule has 2 aromatic carbocycles. The van der Waals surface area contributed by atoms with Crippen molar-refractivity contribution < 1.29 is 27.9 Å². The lowest BCUT2D eigenvalue weighted by Gasteiger charge is -2.28. The lowest BCUT2D eigenvalue weighted by molar-refractivity contribution is 0.209. The van der Waals surface area contributed by atoms with Crippen LogP contribution in [0.15, 0.2) is 104 Å². The highest BCUT2D eigenvalue weighted by Gasteiger charge is 2.20. The van der Waals surface area contributed by atoms with E-state index in [1.54, 1.807) is 28.2 Å². The molecule has 18 heteroatoms. The predicted octanol–water partition coefficient (Wildman–Crippen LogP) is 3.80. The van der Waals surface area contributed by atoms with Gasteiger partial charge in [-0.3, -0.25) is 19.4 Å². The molecule has 0 aliphatic carbocycles. The number of ether oxygens (including phenoxy) is 2. The Bertz CT molecular complexity index is 2560. The summed E-state index contributed by atoms with van der Waals surface area (Å²) in [6.07, 6.45) is 7.49. The first-order chi connectivity index (χ1) is 29.0. The van der Waals surface area contributed by atoms with Crippen molar-refractivity contribution in [2.75, 3.05) is 41.3 Å². The molecule has 2 aliphatic heterocycles. The van der Waals surface area contributed by atoms with Crippen LogP contribution >= 0.6 is 0 Å². The first-order valence-electron chi connectivity index (χ1n) is 19.3. The third kappa shape index (κ3) is 10.2. The van der Waals surface area contributed by atoms with E-state index in [0.717, 1.165) is 48.4 Å². The number of nitrogens with zero attached hydrogens (tertiary/aromatic N) is 10. The second kappa shape index (κ2) is 18.8. The lowest BCUT2D eigenvalue weighted by Crippen LogP contribution is -2.30. The third-order valence-electron chi connectivity index (χ3n) is 9.94. The quantitative estimate of drug-likeness (QED) is 0.194. The summed E-state index contributed by atoms with van der Waals surface area (Å²) in [5, 5.41) is 15.1. The molecular formula is C42H46N10O8. The predicted molar refractivity (Wildman–Crippen MR) is 216 cm³/mol. The summed E-state index contributed by atoms with van der Waals surface area (Å²) >= 11 is 0. The lowest BCUT2D eigenvalue weighted by atomic mass is 10.00. The van der Waals surface area contributed by atoms with Gasteiger partial charge in [0.1, 0.15) is 48.6 Å². The van der Waals surface area contributed by atoms with Crippen LogP contribution in [0.5, 0.6) is 11.5 Å². The van der Waals surface area contributed by atoms with Crippen LogP contribution in [0.4, 0.5) is 9.59 Å². The Kier molecular flexibility index (Phi) is 12.9. The standard InChI is InChI=1S/2C21H23N5O4/c1-24(2)21(28)26-17(10-22-23-26)13-30-20-14-29-18(9-19(20)27)12-25-8-7-15-5-3-4-6-16(15)11-25;1-24(2)21(28)26-11-17(22-23-26)13-30-20-14-29-18(9-19(20)27)12-25-8-7-15-5-3-4-6-16(15)10-25/h3-6,9-10,14H,7-8,11-13H2,1-2H3;3-6,9,11,14H,7-8,10,12-13H2,1-2H3. The van der Waals surface area contributed by atoms with Crippen LogP contribution in [0, 0.1) is 0 Å². The van der Waals surface area contributed by atoms with Gasteiger partial charge in [-0.25, -0.2) is 9.59 Å². The van der Waals surface area contributed by atoms with E-state index in [0.29, 0.717) is 36.0 Å². The van der Waals surface area contributed by atoms with Crippen LogP contribution < -0.4 is 20.3 Å². The van der Waals surface area contributed by atoms with Crippen LogP contribution in [0.1, 0.15) is 45.2 Å². The van der Waals surface area contributed by atoms with Gasteiger partial charge in [0.25, 0.3) is 0 Å². The summed E-state index contributed by atoms with van der Waals surface area (Å²) in [5.74, 6) is 1.35. The zero-order chi connectivity index (χ0) is 42.2. The van der Waals surface area contributed by atoms with Gasteiger partial charge in [0, 0.05) is 66.5 Å². The molecular weight excluding hydrogens is 773 g/mol. The van der Waals surface area contributed by atoms with Crippen molar-refractivity contribution in [3.05, 3.63) is 151 Å². The second-order valence-corrected chi connectivity index (χ2v) is 14.8. The van der Waals surface area contributed by atoms with Crippen molar-refractivity contribution in [3.8, 4) is 11.5 Å². The maximum atomic E-state index is 12.4. The highest BCUT2D eigenvalue weighted by atomic mass is 16.5. The monoisotopic (exact) mass is 818 g/mol. The van der Waals surface area contributed by atoms with E-state index in [1.807, 2.05) is 12.1 Å². The summed E-state index contributed by atoms with van der Waals surface area (Å²) in [4.78, 5) is 56.0. The van der Waals surface area contributed by atoms with Gasteiger partial charge < -0.3 is 28.1 Å². The minimum absolute atomic E-state index is 0.00766. The van der Waals surface area contributed by atoms with E-state index in [4.69, 9.17) is 18.3 Å². The first-order valence-corrected chi connectivity index (χ1v) is 19.3. The van der Waals surface area contributed by atoms with Crippen LogP contribution in [-0.2, 0) is 52.2 Å². The molecule has 60 heavy (non-hydrogen) atoms. The Labute approximate surface area is 345 Å². The molecule has 6 aromatic rings. The van der Waals surface area contributed by atoms with E-state index in [-0.39, 0.29) is 47.6 Å². The van der Waals surface area contributed by atoms with E-state index in [1.165, 1.54) is 69.1 Å². The zero-order valence-corrected chi connectivity index (χ0v) is 33.9. The Balaban J connectivity index is 0.000000181. The molecule has 6 heterocycles. The average Bonchev–Trinajstić information content (AvgIpc) is 3.93. The molecule has 4 aromatic heterocycles. The number of carbonyl (C=O) groups is 2. The number of aromatic nitrogens is 6. The van der Waals surface area contributed by atoms with Crippen LogP contribution in [-0.4, -0.2) is 103 Å². The third-order valence-corrected chi connectivity index (χ3v) is 9.94. The molecule has 0 N–H and O–H groups in total. The van der Waals surface area contributed by atoms with Crippen molar-refractivity contribution in [1.29, 1.82) is 0 Å².